The Bertz CT molecular complexity index is 346. The minimum Gasteiger partial charge on any atom is -0.325 e. The van der Waals surface area contributed by atoms with E-state index in [-0.39, 0.29) is 11.7 Å². The number of Topliss-reactive ketones (excluding diaryl/α,β-unsaturated/α-hetero) is 1. The molecule has 0 aliphatic heterocycles. The van der Waals surface area contributed by atoms with Gasteiger partial charge in [-0.15, -0.1) is 0 Å². The molecule has 0 aliphatic rings. The van der Waals surface area contributed by atoms with Crippen molar-refractivity contribution in [1.29, 1.82) is 0 Å². The van der Waals surface area contributed by atoms with Crippen molar-refractivity contribution in [2.24, 2.45) is 5.92 Å². The lowest BCUT2D eigenvalue weighted by Crippen LogP contribution is -2.27. The van der Waals surface area contributed by atoms with Crippen LogP contribution in [0.15, 0.2) is 30.3 Å². The predicted molar refractivity (Wildman–Crippen MR) is 59.5 cm³/mol. The predicted octanol–water partition coefficient (Wildman–Crippen LogP) is 2.24. The first-order valence-electron chi connectivity index (χ1n) is 5.01. The van der Waals surface area contributed by atoms with E-state index in [1.165, 1.54) is 6.92 Å². The van der Waals surface area contributed by atoms with Crippen LogP contribution in [0.1, 0.15) is 20.3 Å². The monoisotopic (exact) mass is 205 g/mol. The molecule has 0 fully saturated rings. The van der Waals surface area contributed by atoms with Crippen molar-refractivity contribution in [2.45, 2.75) is 20.3 Å². The Kier molecular flexibility index (Phi) is 4.03. The number of para-hydroxylation sites is 1. The van der Waals surface area contributed by atoms with Gasteiger partial charge >= 0.3 is 0 Å². The molecule has 15 heavy (non-hydrogen) atoms. The minimum absolute atomic E-state index is 0.0917. The molecule has 1 amide bonds. The summed E-state index contributed by atoms with van der Waals surface area (Å²) < 4.78 is 0. The Hall–Kier alpha value is -1.64. The Morgan fingerprint density at radius 1 is 1.27 bits per heavy atom. The van der Waals surface area contributed by atoms with Gasteiger partial charge in [0, 0.05) is 5.69 Å². The minimum atomic E-state index is -0.537. The smallest absolute Gasteiger partial charge is 0.234 e. The van der Waals surface area contributed by atoms with Crippen LogP contribution in [0.5, 0.6) is 0 Å². The molecule has 0 aliphatic carbocycles. The Morgan fingerprint density at radius 2 is 1.87 bits per heavy atom. The fraction of sp³-hybridized carbons (Fsp3) is 0.333. The number of anilines is 1. The number of hydrogen-bond donors (Lipinski definition) is 1. The fourth-order valence-corrected chi connectivity index (χ4v) is 1.41. The molecule has 0 heterocycles. The number of rotatable bonds is 4. The maximum Gasteiger partial charge on any atom is 0.234 e. The van der Waals surface area contributed by atoms with Crippen LogP contribution < -0.4 is 5.32 Å². The maximum absolute atomic E-state index is 11.7. The zero-order chi connectivity index (χ0) is 11.3. The van der Waals surface area contributed by atoms with Gasteiger partial charge in [-0.25, -0.2) is 0 Å². The van der Waals surface area contributed by atoms with Crippen molar-refractivity contribution in [2.75, 3.05) is 5.32 Å². The molecule has 1 aromatic rings. The molecule has 1 atom stereocenters. The van der Waals surface area contributed by atoms with Crippen LogP contribution in [0, 0.1) is 5.92 Å². The van der Waals surface area contributed by atoms with Gasteiger partial charge in [-0.2, -0.15) is 0 Å². The fourth-order valence-electron chi connectivity index (χ4n) is 1.41. The quantitative estimate of drug-likeness (QED) is 0.766. The number of carbonyl (C=O) groups is 2. The number of ketones is 1. The maximum atomic E-state index is 11.7. The van der Waals surface area contributed by atoms with E-state index in [4.69, 9.17) is 0 Å². The summed E-state index contributed by atoms with van der Waals surface area (Å²) in [5.74, 6) is -0.854. The molecular formula is C12H15NO2. The third-order valence-corrected chi connectivity index (χ3v) is 2.26. The Morgan fingerprint density at radius 3 is 2.33 bits per heavy atom. The molecule has 0 unspecified atom stereocenters. The van der Waals surface area contributed by atoms with Crippen LogP contribution in [-0.4, -0.2) is 11.7 Å². The van der Waals surface area contributed by atoms with Crippen LogP contribution in [0.3, 0.4) is 0 Å². The summed E-state index contributed by atoms with van der Waals surface area (Å²) in [6.45, 7) is 3.27. The van der Waals surface area contributed by atoms with E-state index in [1.54, 1.807) is 12.1 Å². The van der Waals surface area contributed by atoms with E-state index in [9.17, 15) is 9.59 Å². The third-order valence-electron chi connectivity index (χ3n) is 2.26. The first kappa shape index (κ1) is 11.4. The second kappa shape index (κ2) is 5.29. The number of amides is 1. The lowest BCUT2D eigenvalue weighted by molar-refractivity contribution is -0.129. The van der Waals surface area contributed by atoms with Gasteiger partial charge in [-0.1, -0.05) is 25.1 Å². The molecule has 80 valence electrons. The molecule has 3 heteroatoms. The number of benzene rings is 1. The average molecular weight is 205 g/mol. The van der Waals surface area contributed by atoms with Crippen LogP contribution in [0.25, 0.3) is 0 Å². The van der Waals surface area contributed by atoms with Crippen molar-refractivity contribution in [3.63, 3.8) is 0 Å². The summed E-state index contributed by atoms with van der Waals surface area (Å²) in [5.41, 5.74) is 0.724. The van der Waals surface area contributed by atoms with Crippen molar-refractivity contribution in [3.05, 3.63) is 30.3 Å². The Balaban J connectivity index is 2.66. The van der Waals surface area contributed by atoms with E-state index in [0.29, 0.717) is 6.42 Å². The first-order chi connectivity index (χ1) is 7.15. The lowest BCUT2D eigenvalue weighted by atomic mass is 10.0. The largest absolute Gasteiger partial charge is 0.325 e. The topological polar surface area (TPSA) is 46.2 Å². The standard InChI is InChI=1S/C12H15NO2/c1-3-11(9(2)14)12(15)13-10-7-5-4-6-8-10/h4-8,11H,3H2,1-2H3,(H,13,15)/t11-/m1/s1. The van der Waals surface area contributed by atoms with Gasteiger partial charge in [0.25, 0.3) is 0 Å². The number of carbonyl (C=O) groups excluding carboxylic acids is 2. The molecule has 1 N–H and O–H groups in total. The van der Waals surface area contributed by atoms with E-state index in [1.807, 2.05) is 25.1 Å². The van der Waals surface area contributed by atoms with Gasteiger partial charge in [0.05, 0.1) is 5.92 Å². The summed E-state index contributed by atoms with van der Waals surface area (Å²) in [6, 6.07) is 9.14. The highest BCUT2D eigenvalue weighted by atomic mass is 16.2. The SMILES string of the molecule is CC[C@H](C(C)=O)C(=O)Nc1ccccc1. The van der Waals surface area contributed by atoms with Crippen molar-refractivity contribution in [1.82, 2.24) is 0 Å². The van der Waals surface area contributed by atoms with Gasteiger partial charge < -0.3 is 5.32 Å². The van der Waals surface area contributed by atoms with Gasteiger partial charge in [0.2, 0.25) is 5.91 Å². The molecule has 1 rings (SSSR count). The number of nitrogens with one attached hydrogen (secondary N) is 1. The third kappa shape index (κ3) is 3.20. The zero-order valence-corrected chi connectivity index (χ0v) is 8.99. The van der Waals surface area contributed by atoms with Crippen LogP contribution in [0.2, 0.25) is 0 Å². The van der Waals surface area contributed by atoms with E-state index in [2.05, 4.69) is 5.32 Å². The first-order valence-corrected chi connectivity index (χ1v) is 5.01. The van der Waals surface area contributed by atoms with Crippen molar-refractivity contribution < 1.29 is 9.59 Å². The summed E-state index contributed by atoms with van der Waals surface area (Å²) in [5, 5.41) is 2.71. The number of hydrogen-bond acceptors (Lipinski definition) is 2. The van der Waals surface area contributed by atoms with Gasteiger partial charge in [0.15, 0.2) is 0 Å². The molecule has 0 saturated carbocycles. The van der Waals surface area contributed by atoms with Crippen LogP contribution in [0.4, 0.5) is 5.69 Å². The molecule has 0 radical (unpaired) electrons. The average Bonchev–Trinajstić information content (AvgIpc) is 2.19. The summed E-state index contributed by atoms with van der Waals surface area (Å²) >= 11 is 0. The van der Waals surface area contributed by atoms with E-state index in [0.717, 1.165) is 5.69 Å². The van der Waals surface area contributed by atoms with Crippen LogP contribution >= 0.6 is 0 Å². The Labute approximate surface area is 89.5 Å². The molecule has 0 aromatic heterocycles. The summed E-state index contributed by atoms with van der Waals surface area (Å²) in [6.07, 6.45) is 0.536. The summed E-state index contributed by atoms with van der Waals surface area (Å²) in [7, 11) is 0. The second-order valence-corrected chi connectivity index (χ2v) is 3.43. The second-order valence-electron chi connectivity index (χ2n) is 3.43. The zero-order valence-electron chi connectivity index (χ0n) is 8.99. The molecule has 0 saturated heterocycles. The van der Waals surface area contributed by atoms with Crippen molar-refractivity contribution >= 4 is 17.4 Å². The van der Waals surface area contributed by atoms with E-state index >= 15 is 0 Å². The summed E-state index contributed by atoms with van der Waals surface area (Å²) in [4.78, 5) is 22.8. The van der Waals surface area contributed by atoms with Gasteiger partial charge in [-0.3, -0.25) is 9.59 Å². The molecular weight excluding hydrogens is 190 g/mol. The van der Waals surface area contributed by atoms with Crippen LogP contribution in [-0.2, 0) is 9.59 Å². The highest BCUT2D eigenvalue weighted by molar-refractivity contribution is 6.06. The molecule has 3 nitrogen and oxygen atoms in total. The normalized spacial score (nSPS) is 11.9. The highest BCUT2D eigenvalue weighted by Gasteiger charge is 2.20. The van der Waals surface area contributed by atoms with E-state index < -0.39 is 5.92 Å². The highest BCUT2D eigenvalue weighted by Crippen LogP contribution is 2.10. The molecule has 1 aromatic carbocycles. The van der Waals surface area contributed by atoms with Gasteiger partial charge in [-0.05, 0) is 25.5 Å². The van der Waals surface area contributed by atoms with Gasteiger partial charge in [0.1, 0.15) is 5.78 Å². The molecule has 0 spiro atoms. The lowest BCUT2D eigenvalue weighted by Gasteiger charge is -2.11. The van der Waals surface area contributed by atoms with Crippen molar-refractivity contribution in [3.8, 4) is 0 Å². The molecule has 0 bridgehead atoms.